The van der Waals surface area contributed by atoms with Gasteiger partial charge in [0.15, 0.2) is 0 Å². The molecule has 2 aliphatic heterocycles. The molecule has 0 N–H and O–H groups in total. The second-order valence-electron chi connectivity index (χ2n) is 4.40. The Hall–Kier alpha value is -0.570. The van der Waals surface area contributed by atoms with Gasteiger partial charge < -0.3 is 9.47 Å². The molecule has 0 saturated carbocycles. The first kappa shape index (κ1) is 9.00. The Morgan fingerprint density at radius 3 is 2.62 bits per heavy atom. The van der Waals surface area contributed by atoms with Crippen LogP contribution in [0.5, 0.6) is 0 Å². The van der Waals surface area contributed by atoms with Gasteiger partial charge >= 0.3 is 5.97 Å². The third kappa shape index (κ3) is 1.70. The van der Waals surface area contributed by atoms with Crippen LogP contribution in [0.2, 0.25) is 0 Å². The molecule has 2 saturated heterocycles. The molecule has 3 heteroatoms. The van der Waals surface area contributed by atoms with Crippen LogP contribution in [0.15, 0.2) is 0 Å². The van der Waals surface area contributed by atoms with Crippen LogP contribution < -0.4 is 0 Å². The maximum absolute atomic E-state index is 11.2. The van der Waals surface area contributed by atoms with Gasteiger partial charge in [0, 0.05) is 13.2 Å². The van der Waals surface area contributed by atoms with Gasteiger partial charge in [-0.05, 0) is 32.1 Å². The van der Waals surface area contributed by atoms with E-state index in [1.165, 1.54) is 0 Å². The Balaban J connectivity index is 1.85. The van der Waals surface area contributed by atoms with Gasteiger partial charge in [0.1, 0.15) is 6.61 Å². The van der Waals surface area contributed by atoms with Crippen LogP contribution in [0.3, 0.4) is 0 Å². The molecule has 13 heavy (non-hydrogen) atoms. The molecule has 0 aromatic carbocycles. The van der Waals surface area contributed by atoms with Crippen LogP contribution in [0.25, 0.3) is 0 Å². The minimum absolute atomic E-state index is 0.0148. The number of carbonyl (C=O) groups excluding carboxylic acids is 1. The van der Waals surface area contributed by atoms with Gasteiger partial charge in [-0.1, -0.05) is 0 Å². The molecule has 2 heterocycles. The molecule has 74 valence electrons. The molecule has 0 aromatic rings. The first-order chi connectivity index (χ1) is 6.21. The van der Waals surface area contributed by atoms with E-state index in [1.807, 2.05) is 6.92 Å². The number of esters is 1. The van der Waals surface area contributed by atoms with Crippen molar-refractivity contribution in [2.75, 3.05) is 19.8 Å². The Kier molecular flexibility index (Phi) is 2.28. The fraction of sp³-hybridized carbons (Fsp3) is 0.900. The van der Waals surface area contributed by atoms with Gasteiger partial charge in [-0.2, -0.15) is 0 Å². The highest BCUT2D eigenvalue weighted by Gasteiger charge is 2.46. The van der Waals surface area contributed by atoms with E-state index in [0.717, 1.165) is 32.5 Å². The first-order valence-electron chi connectivity index (χ1n) is 4.96. The summed E-state index contributed by atoms with van der Waals surface area (Å²) in [6, 6.07) is 0. The minimum atomic E-state index is -0.179. The Morgan fingerprint density at radius 2 is 2.15 bits per heavy atom. The van der Waals surface area contributed by atoms with Crippen molar-refractivity contribution >= 4 is 5.97 Å². The first-order valence-corrected chi connectivity index (χ1v) is 4.96. The molecule has 0 radical (unpaired) electrons. The number of hydrogen-bond acceptors (Lipinski definition) is 3. The van der Waals surface area contributed by atoms with Crippen LogP contribution >= 0.6 is 0 Å². The van der Waals surface area contributed by atoms with Gasteiger partial charge in [0.2, 0.25) is 0 Å². The number of carbonyl (C=O) groups is 1. The summed E-state index contributed by atoms with van der Waals surface area (Å²) in [5, 5.41) is 0. The van der Waals surface area contributed by atoms with Crippen molar-refractivity contribution in [2.45, 2.75) is 26.2 Å². The van der Waals surface area contributed by atoms with Crippen molar-refractivity contribution in [1.82, 2.24) is 0 Å². The maximum atomic E-state index is 11.2. The zero-order valence-corrected chi connectivity index (χ0v) is 8.04. The SMILES string of the molecule is CC1(CC2CCOCC2)COC1=O. The van der Waals surface area contributed by atoms with E-state index < -0.39 is 0 Å². The van der Waals surface area contributed by atoms with Crippen molar-refractivity contribution in [3.05, 3.63) is 0 Å². The van der Waals surface area contributed by atoms with Gasteiger partial charge in [0.25, 0.3) is 0 Å². The van der Waals surface area contributed by atoms with Crippen LogP contribution in [-0.2, 0) is 14.3 Å². The third-order valence-electron chi connectivity index (χ3n) is 3.09. The summed E-state index contributed by atoms with van der Waals surface area (Å²) >= 11 is 0. The van der Waals surface area contributed by atoms with E-state index in [9.17, 15) is 4.79 Å². The van der Waals surface area contributed by atoms with E-state index in [1.54, 1.807) is 0 Å². The summed E-state index contributed by atoms with van der Waals surface area (Å²) in [5.41, 5.74) is -0.179. The molecule has 0 aromatic heterocycles. The van der Waals surface area contributed by atoms with Gasteiger partial charge in [0.05, 0.1) is 5.41 Å². The number of hydrogen-bond donors (Lipinski definition) is 0. The van der Waals surface area contributed by atoms with E-state index in [4.69, 9.17) is 9.47 Å². The van der Waals surface area contributed by atoms with Gasteiger partial charge in [-0.25, -0.2) is 0 Å². The molecule has 1 atom stereocenters. The Labute approximate surface area is 78.4 Å². The molecule has 0 amide bonds. The normalized spacial score (nSPS) is 35.3. The predicted molar refractivity (Wildman–Crippen MR) is 47.2 cm³/mol. The Bertz CT molecular complexity index is 208. The largest absolute Gasteiger partial charge is 0.464 e. The van der Waals surface area contributed by atoms with Gasteiger partial charge in [-0.3, -0.25) is 4.79 Å². The molecule has 2 aliphatic rings. The van der Waals surface area contributed by atoms with Crippen LogP contribution in [-0.4, -0.2) is 25.8 Å². The van der Waals surface area contributed by atoms with Crippen LogP contribution in [0.4, 0.5) is 0 Å². The fourth-order valence-corrected chi connectivity index (χ4v) is 2.11. The lowest BCUT2D eigenvalue weighted by Gasteiger charge is -2.39. The lowest BCUT2D eigenvalue weighted by molar-refractivity contribution is -0.186. The summed E-state index contributed by atoms with van der Waals surface area (Å²) in [6.07, 6.45) is 3.18. The molecule has 1 unspecified atom stereocenters. The second kappa shape index (κ2) is 3.29. The highest BCUT2D eigenvalue weighted by Crippen LogP contribution is 2.38. The monoisotopic (exact) mass is 184 g/mol. The second-order valence-corrected chi connectivity index (χ2v) is 4.40. The highest BCUT2D eigenvalue weighted by atomic mass is 16.6. The average molecular weight is 184 g/mol. The predicted octanol–water partition coefficient (Wildman–Crippen LogP) is 1.37. The molecular weight excluding hydrogens is 168 g/mol. The highest BCUT2D eigenvalue weighted by molar-refractivity contribution is 5.81. The van der Waals surface area contributed by atoms with Crippen molar-refractivity contribution < 1.29 is 14.3 Å². The summed E-state index contributed by atoms with van der Waals surface area (Å²) in [7, 11) is 0. The van der Waals surface area contributed by atoms with Crippen LogP contribution in [0.1, 0.15) is 26.2 Å². The molecule has 0 spiro atoms. The molecule has 3 nitrogen and oxygen atoms in total. The van der Waals surface area contributed by atoms with E-state index in [-0.39, 0.29) is 11.4 Å². The number of ether oxygens (including phenoxy) is 2. The summed E-state index contributed by atoms with van der Waals surface area (Å²) < 4.78 is 10.1. The zero-order valence-electron chi connectivity index (χ0n) is 8.04. The molecular formula is C10H16O3. The lowest BCUT2D eigenvalue weighted by atomic mass is 9.76. The maximum Gasteiger partial charge on any atom is 0.315 e. The average Bonchev–Trinajstić information content (AvgIpc) is 2.17. The zero-order chi connectivity index (χ0) is 9.31. The van der Waals surface area contributed by atoms with Crippen LogP contribution in [0, 0.1) is 11.3 Å². The number of cyclic esters (lactones) is 1. The minimum Gasteiger partial charge on any atom is -0.464 e. The molecule has 0 bridgehead atoms. The number of rotatable bonds is 2. The lowest BCUT2D eigenvalue weighted by Crippen LogP contribution is -2.47. The van der Waals surface area contributed by atoms with E-state index in [0.29, 0.717) is 12.5 Å². The van der Waals surface area contributed by atoms with Crippen molar-refractivity contribution in [2.24, 2.45) is 11.3 Å². The molecule has 2 rings (SSSR count). The standard InChI is InChI=1S/C10H16O3/c1-10(7-13-9(10)11)6-8-2-4-12-5-3-8/h8H,2-7H2,1H3. The third-order valence-corrected chi connectivity index (χ3v) is 3.09. The Morgan fingerprint density at radius 1 is 1.46 bits per heavy atom. The smallest absolute Gasteiger partial charge is 0.315 e. The summed E-state index contributed by atoms with van der Waals surface area (Å²) in [5.74, 6) is 0.644. The topological polar surface area (TPSA) is 35.5 Å². The van der Waals surface area contributed by atoms with E-state index >= 15 is 0 Å². The van der Waals surface area contributed by atoms with E-state index in [2.05, 4.69) is 0 Å². The fourth-order valence-electron chi connectivity index (χ4n) is 2.11. The van der Waals surface area contributed by atoms with Crippen molar-refractivity contribution in [1.29, 1.82) is 0 Å². The summed E-state index contributed by atoms with van der Waals surface area (Å²) in [6.45, 7) is 4.34. The summed E-state index contributed by atoms with van der Waals surface area (Å²) in [4.78, 5) is 11.2. The van der Waals surface area contributed by atoms with Crippen molar-refractivity contribution in [3.63, 3.8) is 0 Å². The molecule has 0 aliphatic carbocycles. The molecule has 2 fully saturated rings. The quantitative estimate of drug-likeness (QED) is 0.608. The van der Waals surface area contributed by atoms with Gasteiger partial charge in [-0.15, -0.1) is 0 Å². The van der Waals surface area contributed by atoms with Crippen molar-refractivity contribution in [3.8, 4) is 0 Å².